The van der Waals surface area contributed by atoms with E-state index >= 15 is 0 Å². The monoisotopic (exact) mass is 225 g/mol. The maximum Gasteiger partial charge on any atom is 0.309 e. The molecule has 0 bridgehead atoms. The van der Waals surface area contributed by atoms with Crippen molar-refractivity contribution in [3.63, 3.8) is 0 Å². The van der Waals surface area contributed by atoms with Crippen LogP contribution in [-0.2, 0) is 9.53 Å². The van der Waals surface area contributed by atoms with Crippen molar-refractivity contribution in [2.45, 2.75) is 45.6 Å². The van der Waals surface area contributed by atoms with Gasteiger partial charge in [0.25, 0.3) is 0 Å². The van der Waals surface area contributed by atoms with Crippen LogP contribution in [-0.4, -0.2) is 24.7 Å². The van der Waals surface area contributed by atoms with Gasteiger partial charge in [-0.15, -0.1) is 0 Å². The van der Waals surface area contributed by atoms with E-state index in [0.29, 0.717) is 11.8 Å². The van der Waals surface area contributed by atoms with Crippen LogP contribution in [0.2, 0.25) is 0 Å². The van der Waals surface area contributed by atoms with Crippen LogP contribution in [0.3, 0.4) is 0 Å². The third-order valence-electron chi connectivity index (χ3n) is 3.74. The lowest BCUT2D eigenvalue weighted by Gasteiger charge is -2.30. The molecule has 1 aliphatic heterocycles. The molecule has 2 aliphatic rings. The highest BCUT2D eigenvalue weighted by Crippen LogP contribution is 2.41. The zero-order valence-electron chi connectivity index (χ0n) is 10.6. The van der Waals surface area contributed by atoms with E-state index in [1.807, 2.05) is 20.8 Å². The molecule has 3 atom stereocenters. The summed E-state index contributed by atoms with van der Waals surface area (Å²) in [6, 6.07) is 0. The summed E-state index contributed by atoms with van der Waals surface area (Å²) in [4.78, 5) is 12.1. The van der Waals surface area contributed by atoms with E-state index in [1.54, 1.807) is 0 Å². The van der Waals surface area contributed by atoms with Gasteiger partial charge >= 0.3 is 5.97 Å². The number of piperidine rings is 1. The van der Waals surface area contributed by atoms with Crippen LogP contribution in [0.5, 0.6) is 0 Å². The number of fused-ring (bicyclic) bond motifs is 1. The Kier molecular flexibility index (Phi) is 3.24. The summed E-state index contributed by atoms with van der Waals surface area (Å²) in [6.45, 7) is 7.98. The average molecular weight is 225 g/mol. The van der Waals surface area contributed by atoms with Crippen LogP contribution in [0.1, 0.15) is 40.0 Å². The SMILES string of the molecule is CC(C)(C)OC(=O)[C@@H]1CC[C@@H]2CNCC[C@@H]21. The summed E-state index contributed by atoms with van der Waals surface area (Å²) in [5, 5.41) is 3.41. The molecule has 2 rings (SSSR count). The number of carbonyl (C=O) groups is 1. The van der Waals surface area contributed by atoms with Crippen LogP contribution < -0.4 is 5.32 Å². The third kappa shape index (κ3) is 2.57. The van der Waals surface area contributed by atoms with Crippen molar-refractivity contribution in [2.24, 2.45) is 17.8 Å². The van der Waals surface area contributed by atoms with Crippen LogP contribution >= 0.6 is 0 Å². The Morgan fingerprint density at radius 1 is 1.25 bits per heavy atom. The van der Waals surface area contributed by atoms with Crippen molar-refractivity contribution >= 4 is 5.97 Å². The number of esters is 1. The largest absolute Gasteiger partial charge is 0.460 e. The second-order valence-corrected chi connectivity index (χ2v) is 6.13. The predicted molar refractivity (Wildman–Crippen MR) is 63.0 cm³/mol. The van der Waals surface area contributed by atoms with Gasteiger partial charge < -0.3 is 10.1 Å². The number of ether oxygens (including phenoxy) is 1. The Hall–Kier alpha value is -0.570. The minimum atomic E-state index is -0.345. The molecule has 3 heteroatoms. The highest BCUT2D eigenvalue weighted by atomic mass is 16.6. The van der Waals surface area contributed by atoms with Crippen LogP contribution in [0, 0.1) is 17.8 Å². The number of rotatable bonds is 1. The molecular weight excluding hydrogens is 202 g/mol. The molecule has 0 aromatic carbocycles. The van der Waals surface area contributed by atoms with Gasteiger partial charge in [-0.25, -0.2) is 0 Å². The first-order valence-electron chi connectivity index (χ1n) is 6.41. The van der Waals surface area contributed by atoms with E-state index in [-0.39, 0.29) is 17.5 Å². The summed E-state index contributed by atoms with van der Waals surface area (Å²) in [5.41, 5.74) is -0.345. The fourth-order valence-corrected chi connectivity index (χ4v) is 3.07. The normalized spacial score (nSPS) is 34.6. The number of hydrogen-bond donors (Lipinski definition) is 1. The molecular formula is C13H23NO2. The summed E-state index contributed by atoms with van der Waals surface area (Å²) >= 11 is 0. The molecule has 3 nitrogen and oxygen atoms in total. The van der Waals surface area contributed by atoms with Crippen LogP contribution in [0.25, 0.3) is 0 Å². The lowest BCUT2D eigenvalue weighted by Crippen LogP contribution is -2.38. The van der Waals surface area contributed by atoms with Gasteiger partial charge in [0.15, 0.2) is 0 Å². The molecule has 1 aliphatic carbocycles. The smallest absolute Gasteiger partial charge is 0.309 e. The first-order chi connectivity index (χ1) is 7.47. The fraction of sp³-hybridized carbons (Fsp3) is 0.923. The van der Waals surface area contributed by atoms with Crippen molar-refractivity contribution < 1.29 is 9.53 Å². The van der Waals surface area contributed by atoms with E-state index in [2.05, 4.69) is 5.32 Å². The van der Waals surface area contributed by atoms with Crippen molar-refractivity contribution in [3.05, 3.63) is 0 Å². The zero-order chi connectivity index (χ0) is 11.8. The number of hydrogen-bond acceptors (Lipinski definition) is 3. The molecule has 1 saturated heterocycles. The van der Waals surface area contributed by atoms with Crippen molar-refractivity contribution in [1.82, 2.24) is 5.32 Å². The Balaban J connectivity index is 1.97. The van der Waals surface area contributed by atoms with Crippen LogP contribution in [0.4, 0.5) is 0 Å². The standard InChI is InChI=1S/C13H23NO2/c1-13(2,3)16-12(15)11-5-4-9-8-14-7-6-10(9)11/h9-11,14H,4-8H2,1-3H3/t9-,10+,11-/m1/s1. The quantitative estimate of drug-likeness (QED) is 0.693. The summed E-state index contributed by atoms with van der Waals surface area (Å²) in [6.07, 6.45) is 3.34. The van der Waals surface area contributed by atoms with E-state index in [1.165, 1.54) is 6.42 Å². The van der Waals surface area contributed by atoms with Gasteiger partial charge in [0, 0.05) is 0 Å². The molecule has 0 amide bonds. The number of nitrogens with one attached hydrogen (secondary N) is 1. The fourth-order valence-electron chi connectivity index (χ4n) is 3.07. The molecule has 1 heterocycles. The second-order valence-electron chi connectivity index (χ2n) is 6.13. The minimum Gasteiger partial charge on any atom is -0.460 e. The molecule has 1 saturated carbocycles. The zero-order valence-corrected chi connectivity index (χ0v) is 10.6. The van der Waals surface area contributed by atoms with E-state index < -0.39 is 0 Å². The Labute approximate surface area is 97.9 Å². The van der Waals surface area contributed by atoms with Crippen molar-refractivity contribution in [3.8, 4) is 0 Å². The molecule has 0 unspecified atom stereocenters. The molecule has 0 radical (unpaired) electrons. The summed E-state index contributed by atoms with van der Waals surface area (Å²) in [5.74, 6) is 1.45. The molecule has 92 valence electrons. The Morgan fingerprint density at radius 2 is 2.00 bits per heavy atom. The second kappa shape index (κ2) is 4.36. The molecule has 1 N–H and O–H groups in total. The van der Waals surface area contributed by atoms with Gasteiger partial charge in [-0.2, -0.15) is 0 Å². The van der Waals surface area contributed by atoms with Gasteiger partial charge in [-0.3, -0.25) is 4.79 Å². The van der Waals surface area contributed by atoms with E-state index in [9.17, 15) is 4.79 Å². The Bertz CT molecular complexity index is 270. The topological polar surface area (TPSA) is 38.3 Å². The number of carbonyl (C=O) groups excluding carboxylic acids is 1. The maximum absolute atomic E-state index is 12.1. The lowest BCUT2D eigenvalue weighted by molar-refractivity contribution is -0.161. The molecule has 16 heavy (non-hydrogen) atoms. The lowest BCUT2D eigenvalue weighted by atomic mass is 9.84. The average Bonchev–Trinajstić information content (AvgIpc) is 2.58. The summed E-state index contributed by atoms with van der Waals surface area (Å²) in [7, 11) is 0. The van der Waals surface area contributed by atoms with Gasteiger partial charge in [0.1, 0.15) is 5.60 Å². The maximum atomic E-state index is 12.1. The predicted octanol–water partition coefficient (Wildman–Crippen LogP) is 1.96. The highest BCUT2D eigenvalue weighted by Gasteiger charge is 2.42. The van der Waals surface area contributed by atoms with E-state index in [4.69, 9.17) is 4.74 Å². The highest BCUT2D eigenvalue weighted by molar-refractivity contribution is 5.73. The molecule has 0 aromatic rings. The van der Waals surface area contributed by atoms with Crippen LogP contribution in [0.15, 0.2) is 0 Å². The minimum absolute atomic E-state index is 0.0295. The van der Waals surface area contributed by atoms with Gasteiger partial charge in [-0.05, 0) is 65.0 Å². The molecule has 2 fully saturated rings. The summed E-state index contributed by atoms with van der Waals surface area (Å²) < 4.78 is 5.51. The van der Waals surface area contributed by atoms with Gasteiger partial charge in [-0.1, -0.05) is 0 Å². The van der Waals surface area contributed by atoms with Gasteiger partial charge in [0.05, 0.1) is 5.92 Å². The Morgan fingerprint density at radius 3 is 2.69 bits per heavy atom. The van der Waals surface area contributed by atoms with Crippen molar-refractivity contribution in [2.75, 3.05) is 13.1 Å². The first-order valence-corrected chi connectivity index (χ1v) is 6.41. The molecule has 0 spiro atoms. The van der Waals surface area contributed by atoms with Crippen molar-refractivity contribution in [1.29, 1.82) is 0 Å². The molecule has 0 aromatic heterocycles. The first kappa shape index (κ1) is 11.9. The van der Waals surface area contributed by atoms with Gasteiger partial charge in [0.2, 0.25) is 0 Å². The third-order valence-corrected chi connectivity index (χ3v) is 3.74. The van der Waals surface area contributed by atoms with E-state index in [0.717, 1.165) is 25.9 Å².